The summed E-state index contributed by atoms with van der Waals surface area (Å²) in [6.07, 6.45) is 2.58. The molecule has 6 nitrogen and oxygen atoms in total. The summed E-state index contributed by atoms with van der Waals surface area (Å²) in [6.45, 7) is 0.978. The van der Waals surface area contributed by atoms with E-state index in [4.69, 9.17) is 9.47 Å². The number of nitrogens with one attached hydrogen (secondary N) is 1. The number of rotatable bonds is 3. The van der Waals surface area contributed by atoms with Crippen molar-refractivity contribution in [3.8, 4) is 11.5 Å². The van der Waals surface area contributed by atoms with E-state index in [-0.39, 0.29) is 11.5 Å². The third-order valence-electron chi connectivity index (χ3n) is 3.80. The van der Waals surface area contributed by atoms with E-state index < -0.39 is 5.97 Å². The lowest BCUT2D eigenvalue weighted by atomic mass is 9.91. The summed E-state index contributed by atoms with van der Waals surface area (Å²) in [5.74, 6) is -0.131. The summed E-state index contributed by atoms with van der Waals surface area (Å²) in [5.41, 5.74) is 1.16. The molecule has 0 saturated heterocycles. The van der Waals surface area contributed by atoms with Crippen molar-refractivity contribution < 1.29 is 24.2 Å². The van der Waals surface area contributed by atoms with Crippen molar-refractivity contribution in [2.45, 2.75) is 25.7 Å². The molecule has 0 fully saturated rings. The van der Waals surface area contributed by atoms with Crippen LogP contribution in [-0.2, 0) is 9.59 Å². The molecule has 0 atom stereocenters. The first-order valence-electron chi connectivity index (χ1n) is 7.31. The molecule has 3 rings (SSSR count). The van der Waals surface area contributed by atoms with Crippen LogP contribution in [0.25, 0.3) is 0 Å². The zero-order valence-corrected chi connectivity index (χ0v) is 12.1. The number of carboxylic acid groups (broad SMARTS) is 1. The minimum atomic E-state index is -1.01. The number of fused-ring (bicyclic) bond motifs is 1. The fourth-order valence-electron chi connectivity index (χ4n) is 2.72. The van der Waals surface area contributed by atoms with E-state index in [1.165, 1.54) is 0 Å². The van der Waals surface area contributed by atoms with Crippen LogP contribution in [0, 0.1) is 0 Å². The number of ether oxygens (including phenoxy) is 2. The van der Waals surface area contributed by atoms with Gasteiger partial charge in [-0.15, -0.1) is 0 Å². The maximum Gasteiger partial charge on any atom is 0.332 e. The van der Waals surface area contributed by atoms with Gasteiger partial charge in [-0.3, -0.25) is 4.79 Å². The van der Waals surface area contributed by atoms with E-state index in [9.17, 15) is 14.7 Å². The molecule has 0 saturated carbocycles. The van der Waals surface area contributed by atoms with Gasteiger partial charge >= 0.3 is 5.97 Å². The molecule has 1 heterocycles. The van der Waals surface area contributed by atoms with Crippen LogP contribution in [0.4, 0.5) is 5.69 Å². The molecule has 1 amide bonds. The molecule has 0 radical (unpaired) electrons. The first-order valence-corrected chi connectivity index (χ1v) is 7.31. The van der Waals surface area contributed by atoms with Gasteiger partial charge in [-0.2, -0.15) is 0 Å². The third-order valence-corrected chi connectivity index (χ3v) is 3.80. The Labute approximate surface area is 127 Å². The Morgan fingerprint density at radius 3 is 2.41 bits per heavy atom. The maximum atomic E-state index is 12.3. The van der Waals surface area contributed by atoms with Gasteiger partial charge < -0.3 is 19.9 Å². The number of benzene rings is 1. The molecule has 1 aliphatic heterocycles. The molecular formula is C16H17NO5. The first-order chi connectivity index (χ1) is 10.6. The molecule has 2 aliphatic rings. The highest BCUT2D eigenvalue weighted by molar-refractivity contribution is 6.08. The fourth-order valence-corrected chi connectivity index (χ4v) is 2.72. The zero-order valence-electron chi connectivity index (χ0n) is 12.1. The standard InChI is InChI=1S/C16H17NO5/c18-15(11-3-1-2-4-12(11)16(19)20)17-10-5-6-13-14(9-10)22-8-7-21-13/h5-6,9H,1-4,7-8H2,(H,17,18)(H,19,20). The Morgan fingerprint density at radius 2 is 1.68 bits per heavy atom. The Hall–Kier alpha value is -2.50. The Kier molecular flexibility index (Phi) is 4.00. The number of hydrogen-bond donors (Lipinski definition) is 2. The highest BCUT2D eigenvalue weighted by atomic mass is 16.6. The van der Waals surface area contributed by atoms with Crippen LogP contribution in [0.15, 0.2) is 29.3 Å². The van der Waals surface area contributed by atoms with Crippen molar-refractivity contribution >= 4 is 17.6 Å². The minimum absolute atomic E-state index is 0.223. The van der Waals surface area contributed by atoms with E-state index in [0.717, 1.165) is 12.8 Å². The number of carbonyl (C=O) groups is 2. The topological polar surface area (TPSA) is 84.9 Å². The summed E-state index contributed by atoms with van der Waals surface area (Å²) in [4.78, 5) is 23.6. The molecular weight excluding hydrogens is 286 g/mol. The van der Waals surface area contributed by atoms with E-state index >= 15 is 0 Å². The number of hydrogen-bond acceptors (Lipinski definition) is 4. The number of carboxylic acids is 1. The minimum Gasteiger partial charge on any atom is -0.486 e. The molecule has 116 valence electrons. The van der Waals surface area contributed by atoms with Crippen molar-refractivity contribution in [3.05, 3.63) is 29.3 Å². The largest absolute Gasteiger partial charge is 0.486 e. The molecule has 1 aromatic carbocycles. The SMILES string of the molecule is O=C(O)C1=C(C(=O)Nc2ccc3c(c2)OCCO3)CCCC1. The van der Waals surface area contributed by atoms with Gasteiger partial charge in [0.1, 0.15) is 13.2 Å². The number of amides is 1. The van der Waals surface area contributed by atoms with E-state index in [1.807, 2.05) is 0 Å². The van der Waals surface area contributed by atoms with Gasteiger partial charge in [-0.1, -0.05) is 0 Å². The smallest absolute Gasteiger partial charge is 0.332 e. The van der Waals surface area contributed by atoms with Gasteiger partial charge in [0, 0.05) is 22.9 Å². The van der Waals surface area contributed by atoms with Gasteiger partial charge in [0.15, 0.2) is 11.5 Å². The second-order valence-electron chi connectivity index (χ2n) is 5.28. The Morgan fingerprint density at radius 1 is 1.00 bits per heavy atom. The molecule has 6 heteroatoms. The monoisotopic (exact) mass is 303 g/mol. The zero-order chi connectivity index (χ0) is 15.5. The van der Waals surface area contributed by atoms with Crippen LogP contribution in [0.1, 0.15) is 25.7 Å². The van der Waals surface area contributed by atoms with Crippen LogP contribution in [0.5, 0.6) is 11.5 Å². The fraction of sp³-hybridized carbons (Fsp3) is 0.375. The van der Waals surface area contributed by atoms with Gasteiger partial charge in [0.2, 0.25) is 0 Å². The number of aliphatic carboxylic acids is 1. The Bertz CT molecular complexity index is 650. The second kappa shape index (κ2) is 6.09. The summed E-state index contributed by atoms with van der Waals surface area (Å²) < 4.78 is 10.9. The molecule has 0 spiro atoms. The highest BCUT2D eigenvalue weighted by Gasteiger charge is 2.24. The van der Waals surface area contributed by atoms with Gasteiger partial charge in [-0.05, 0) is 37.8 Å². The van der Waals surface area contributed by atoms with Gasteiger partial charge in [0.25, 0.3) is 5.91 Å². The third kappa shape index (κ3) is 2.90. The predicted octanol–water partition coefficient (Wildman–Crippen LogP) is 2.35. The van der Waals surface area contributed by atoms with E-state index in [1.54, 1.807) is 18.2 Å². The van der Waals surface area contributed by atoms with E-state index in [0.29, 0.717) is 48.8 Å². The summed E-state index contributed by atoms with van der Waals surface area (Å²) >= 11 is 0. The quantitative estimate of drug-likeness (QED) is 0.895. The molecule has 1 aromatic rings. The molecule has 1 aliphatic carbocycles. The van der Waals surface area contributed by atoms with Crippen molar-refractivity contribution in [1.82, 2.24) is 0 Å². The number of anilines is 1. The number of carbonyl (C=O) groups excluding carboxylic acids is 1. The van der Waals surface area contributed by atoms with Crippen LogP contribution in [-0.4, -0.2) is 30.2 Å². The summed E-state index contributed by atoms with van der Waals surface area (Å²) in [6, 6.07) is 5.14. The lowest BCUT2D eigenvalue weighted by Crippen LogP contribution is -2.21. The van der Waals surface area contributed by atoms with Crippen LogP contribution in [0.2, 0.25) is 0 Å². The van der Waals surface area contributed by atoms with Crippen LogP contribution >= 0.6 is 0 Å². The van der Waals surface area contributed by atoms with Crippen molar-refractivity contribution in [2.75, 3.05) is 18.5 Å². The Balaban J connectivity index is 1.80. The van der Waals surface area contributed by atoms with Gasteiger partial charge in [-0.25, -0.2) is 4.79 Å². The van der Waals surface area contributed by atoms with E-state index in [2.05, 4.69) is 5.32 Å². The highest BCUT2D eigenvalue weighted by Crippen LogP contribution is 2.33. The summed E-state index contributed by atoms with van der Waals surface area (Å²) in [7, 11) is 0. The molecule has 0 unspecified atom stereocenters. The van der Waals surface area contributed by atoms with Crippen molar-refractivity contribution in [3.63, 3.8) is 0 Å². The predicted molar refractivity (Wildman–Crippen MR) is 79.2 cm³/mol. The first kappa shape index (κ1) is 14.4. The second-order valence-corrected chi connectivity index (χ2v) is 5.28. The molecule has 0 bridgehead atoms. The average Bonchev–Trinajstić information content (AvgIpc) is 2.54. The molecule has 22 heavy (non-hydrogen) atoms. The normalized spacial score (nSPS) is 17.1. The molecule has 0 aromatic heterocycles. The summed E-state index contributed by atoms with van der Waals surface area (Å²) in [5, 5.41) is 12.0. The molecule has 2 N–H and O–H groups in total. The maximum absolute atomic E-state index is 12.3. The lowest BCUT2D eigenvalue weighted by molar-refractivity contribution is -0.133. The van der Waals surface area contributed by atoms with Crippen molar-refractivity contribution in [1.29, 1.82) is 0 Å². The van der Waals surface area contributed by atoms with Gasteiger partial charge in [0.05, 0.1) is 0 Å². The average molecular weight is 303 g/mol. The van der Waals surface area contributed by atoms with Crippen LogP contribution < -0.4 is 14.8 Å². The van der Waals surface area contributed by atoms with Crippen molar-refractivity contribution in [2.24, 2.45) is 0 Å². The lowest BCUT2D eigenvalue weighted by Gasteiger charge is -2.20. The van der Waals surface area contributed by atoms with Crippen LogP contribution in [0.3, 0.4) is 0 Å².